The SMILES string of the molecule is Cc1ccc(/C=C\C(=O)[C@@H](C)CN(C)C)cc1C. The summed E-state index contributed by atoms with van der Waals surface area (Å²) in [6.07, 6.45) is 3.60. The second-order valence-corrected chi connectivity index (χ2v) is 5.24. The number of aryl methyl sites for hydroxylation is 2. The lowest BCUT2D eigenvalue weighted by atomic mass is 10.0. The third-order valence-corrected chi connectivity index (χ3v) is 3.10. The minimum atomic E-state index is 0.0443. The van der Waals surface area contributed by atoms with Crippen molar-refractivity contribution in [1.29, 1.82) is 0 Å². The van der Waals surface area contributed by atoms with Crippen molar-refractivity contribution in [2.45, 2.75) is 20.8 Å². The molecule has 0 aliphatic heterocycles. The van der Waals surface area contributed by atoms with E-state index in [-0.39, 0.29) is 11.7 Å². The first-order valence-electron chi connectivity index (χ1n) is 6.34. The van der Waals surface area contributed by atoms with Crippen LogP contribution >= 0.6 is 0 Å². The van der Waals surface area contributed by atoms with Gasteiger partial charge >= 0.3 is 0 Å². The Hall–Kier alpha value is -1.41. The van der Waals surface area contributed by atoms with Gasteiger partial charge in [0.05, 0.1) is 0 Å². The van der Waals surface area contributed by atoms with Crippen LogP contribution in [0.5, 0.6) is 0 Å². The van der Waals surface area contributed by atoms with E-state index in [0.717, 1.165) is 12.1 Å². The maximum absolute atomic E-state index is 11.9. The molecule has 0 amide bonds. The summed E-state index contributed by atoms with van der Waals surface area (Å²) in [7, 11) is 3.97. The van der Waals surface area contributed by atoms with Crippen molar-refractivity contribution in [2.24, 2.45) is 5.92 Å². The van der Waals surface area contributed by atoms with E-state index >= 15 is 0 Å². The summed E-state index contributed by atoms with van der Waals surface area (Å²) in [5.74, 6) is 0.227. The largest absolute Gasteiger partial charge is 0.309 e. The molecular weight excluding hydrogens is 222 g/mol. The lowest BCUT2D eigenvalue weighted by Gasteiger charge is -2.13. The molecule has 0 aliphatic carbocycles. The molecule has 98 valence electrons. The van der Waals surface area contributed by atoms with Crippen LogP contribution in [0.15, 0.2) is 24.3 Å². The number of hydrogen-bond donors (Lipinski definition) is 0. The van der Waals surface area contributed by atoms with Gasteiger partial charge in [-0.05, 0) is 50.7 Å². The van der Waals surface area contributed by atoms with E-state index in [1.165, 1.54) is 11.1 Å². The van der Waals surface area contributed by atoms with Crippen molar-refractivity contribution in [3.8, 4) is 0 Å². The number of carbonyl (C=O) groups excluding carboxylic acids is 1. The van der Waals surface area contributed by atoms with Gasteiger partial charge in [0.25, 0.3) is 0 Å². The van der Waals surface area contributed by atoms with Crippen LogP contribution in [-0.4, -0.2) is 31.3 Å². The Balaban J connectivity index is 2.68. The Morgan fingerprint density at radius 2 is 1.94 bits per heavy atom. The average molecular weight is 245 g/mol. The fourth-order valence-electron chi connectivity index (χ4n) is 1.85. The first-order valence-corrected chi connectivity index (χ1v) is 6.34. The number of nitrogens with zero attached hydrogens (tertiary/aromatic N) is 1. The predicted octanol–water partition coefficient (Wildman–Crippen LogP) is 3.08. The van der Waals surface area contributed by atoms with Crippen LogP contribution in [0.1, 0.15) is 23.6 Å². The van der Waals surface area contributed by atoms with Gasteiger partial charge in [-0.1, -0.05) is 31.2 Å². The zero-order valence-electron chi connectivity index (χ0n) is 12.0. The normalized spacial score (nSPS) is 13.2. The zero-order chi connectivity index (χ0) is 13.7. The molecule has 1 aromatic rings. The predicted molar refractivity (Wildman–Crippen MR) is 77.7 cm³/mol. The second-order valence-electron chi connectivity index (χ2n) is 5.24. The summed E-state index contributed by atoms with van der Waals surface area (Å²) in [4.78, 5) is 13.9. The van der Waals surface area contributed by atoms with Crippen LogP contribution in [-0.2, 0) is 4.79 Å². The Kier molecular flexibility index (Phi) is 5.29. The van der Waals surface area contributed by atoms with Crippen LogP contribution < -0.4 is 0 Å². The molecule has 0 fully saturated rings. The maximum atomic E-state index is 11.9. The topological polar surface area (TPSA) is 20.3 Å². The highest BCUT2D eigenvalue weighted by Gasteiger charge is 2.10. The Morgan fingerprint density at radius 3 is 2.50 bits per heavy atom. The highest BCUT2D eigenvalue weighted by atomic mass is 16.1. The van der Waals surface area contributed by atoms with Crippen molar-refractivity contribution < 1.29 is 4.79 Å². The first kappa shape index (κ1) is 14.7. The molecule has 0 saturated carbocycles. The summed E-state index contributed by atoms with van der Waals surface area (Å²) in [6, 6.07) is 6.24. The summed E-state index contributed by atoms with van der Waals surface area (Å²) < 4.78 is 0. The first-order chi connectivity index (χ1) is 8.40. The van der Waals surface area contributed by atoms with Gasteiger partial charge in [0.2, 0.25) is 0 Å². The number of carbonyl (C=O) groups is 1. The van der Waals surface area contributed by atoms with Crippen LogP contribution in [0.4, 0.5) is 0 Å². The summed E-state index contributed by atoms with van der Waals surface area (Å²) in [5, 5.41) is 0. The van der Waals surface area contributed by atoms with E-state index < -0.39 is 0 Å². The molecule has 2 nitrogen and oxygen atoms in total. The molecule has 0 heterocycles. The van der Waals surface area contributed by atoms with E-state index in [0.29, 0.717) is 0 Å². The number of ketones is 1. The number of allylic oxidation sites excluding steroid dienone is 1. The van der Waals surface area contributed by atoms with Gasteiger partial charge < -0.3 is 4.90 Å². The highest BCUT2D eigenvalue weighted by Crippen LogP contribution is 2.11. The molecule has 0 saturated heterocycles. The minimum absolute atomic E-state index is 0.0443. The number of rotatable bonds is 5. The van der Waals surface area contributed by atoms with Crippen molar-refractivity contribution in [1.82, 2.24) is 4.90 Å². The van der Waals surface area contributed by atoms with Gasteiger partial charge in [0, 0.05) is 12.5 Å². The molecule has 18 heavy (non-hydrogen) atoms. The molecule has 1 rings (SSSR count). The van der Waals surface area contributed by atoms with E-state index in [4.69, 9.17) is 0 Å². The molecule has 0 aromatic heterocycles. The van der Waals surface area contributed by atoms with Gasteiger partial charge in [0.15, 0.2) is 5.78 Å². The van der Waals surface area contributed by atoms with Gasteiger partial charge in [-0.2, -0.15) is 0 Å². The van der Waals surface area contributed by atoms with Crippen molar-refractivity contribution in [3.63, 3.8) is 0 Å². The number of benzene rings is 1. The average Bonchev–Trinajstić information content (AvgIpc) is 2.29. The van der Waals surface area contributed by atoms with E-state index in [9.17, 15) is 4.79 Å². The van der Waals surface area contributed by atoms with Crippen LogP contribution in [0.25, 0.3) is 6.08 Å². The lowest BCUT2D eigenvalue weighted by Crippen LogP contribution is -2.24. The highest BCUT2D eigenvalue weighted by molar-refractivity contribution is 5.95. The Labute approximate surface area is 110 Å². The van der Waals surface area contributed by atoms with Crippen molar-refractivity contribution in [3.05, 3.63) is 41.0 Å². The smallest absolute Gasteiger partial charge is 0.159 e. The van der Waals surface area contributed by atoms with Crippen molar-refractivity contribution >= 4 is 11.9 Å². The molecule has 0 aliphatic rings. The van der Waals surface area contributed by atoms with Crippen molar-refractivity contribution in [2.75, 3.05) is 20.6 Å². The molecule has 0 radical (unpaired) electrons. The Morgan fingerprint density at radius 1 is 1.28 bits per heavy atom. The summed E-state index contributed by atoms with van der Waals surface area (Å²) >= 11 is 0. The quantitative estimate of drug-likeness (QED) is 0.743. The molecule has 0 spiro atoms. The summed E-state index contributed by atoms with van der Waals surface area (Å²) in [6.45, 7) is 6.93. The molecule has 1 atom stereocenters. The standard InChI is InChI=1S/C16H23NO/c1-12-6-7-15(10-13(12)2)8-9-16(18)14(3)11-17(4)5/h6-10,14H,11H2,1-5H3/b9-8-/t14-/m0/s1. The maximum Gasteiger partial charge on any atom is 0.159 e. The Bertz CT molecular complexity index is 446. The fraction of sp³-hybridized carbons (Fsp3) is 0.438. The van der Waals surface area contributed by atoms with Gasteiger partial charge in [-0.3, -0.25) is 4.79 Å². The molecule has 0 bridgehead atoms. The third-order valence-electron chi connectivity index (χ3n) is 3.10. The number of hydrogen-bond acceptors (Lipinski definition) is 2. The lowest BCUT2D eigenvalue weighted by molar-refractivity contribution is -0.118. The van der Waals surface area contributed by atoms with Crippen LogP contribution in [0.2, 0.25) is 0 Å². The van der Waals surface area contributed by atoms with Crippen LogP contribution in [0.3, 0.4) is 0 Å². The molecule has 2 heteroatoms. The van der Waals surface area contributed by atoms with E-state index in [1.54, 1.807) is 6.08 Å². The van der Waals surface area contributed by atoms with E-state index in [2.05, 4.69) is 26.0 Å². The molecular formula is C16H23NO. The molecule has 0 N–H and O–H groups in total. The van der Waals surface area contributed by atoms with E-state index in [1.807, 2.05) is 38.1 Å². The molecule has 0 unspecified atom stereocenters. The third kappa shape index (κ3) is 4.46. The van der Waals surface area contributed by atoms with Crippen LogP contribution in [0, 0.1) is 19.8 Å². The monoisotopic (exact) mass is 245 g/mol. The molecule has 1 aromatic carbocycles. The van der Waals surface area contributed by atoms with Gasteiger partial charge in [-0.25, -0.2) is 0 Å². The van der Waals surface area contributed by atoms with Gasteiger partial charge in [-0.15, -0.1) is 0 Å². The second kappa shape index (κ2) is 6.50. The fourth-order valence-corrected chi connectivity index (χ4v) is 1.85. The summed E-state index contributed by atoms with van der Waals surface area (Å²) in [5.41, 5.74) is 3.62. The minimum Gasteiger partial charge on any atom is -0.309 e. The zero-order valence-corrected chi connectivity index (χ0v) is 12.0. The van der Waals surface area contributed by atoms with Gasteiger partial charge in [0.1, 0.15) is 0 Å².